The molecule has 0 bridgehead atoms. The quantitative estimate of drug-likeness (QED) is 0.607. The van der Waals surface area contributed by atoms with Crippen LogP contribution in [0.15, 0.2) is 0 Å². The van der Waals surface area contributed by atoms with Gasteiger partial charge in [-0.2, -0.15) is 0 Å². The highest BCUT2D eigenvalue weighted by Gasteiger charge is 2.44. The summed E-state index contributed by atoms with van der Waals surface area (Å²) < 4.78 is 0. The summed E-state index contributed by atoms with van der Waals surface area (Å²) in [4.78, 5) is 0. The van der Waals surface area contributed by atoms with E-state index in [1.54, 1.807) is 0 Å². The van der Waals surface area contributed by atoms with Gasteiger partial charge in [0.1, 0.15) is 0 Å². The molecule has 0 heterocycles. The molecular weight excluding hydrogens is 184 g/mol. The van der Waals surface area contributed by atoms with E-state index in [-0.39, 0.29) is 0 Å². The fourth-order valence-corrected chi connectivity index (χ4v) is 2.26. The second kappa shape index (κ2) is 5.86. The van der Waals surface area contributed by atoms with Crippen LogP contribution in [0, 0.1) is 11.3 Å². The lowest BCUT2D eigenvalue weighted by Crippen LogP contribution is -2.31. The van der Waals surface area contributed by atoms with Crippen LogP contribution >= 0.6 is 0 Å². The number of rotatable bonds is 8. The molecule has 90 valence electrons. The lowest BCUT2D eigenvalue weighted by Gasteiger charge is -2.20. The third-order valence-corrected chi connectivity index (χ3v) is 3.95. The molecule has 0 amide bonds. The molecule has 2 nitrogen and oxygen atoms in total. The van der Waals surface area contributed by atoms with Gasteiger partial charge < -0.3 is 11.1 Å². The monoisotopic (exact) mass is 212 g/mol. The Balaban J connectivity index is 2.02. The maximum Gasteiger partial charge on any atom is 0.00508 e. The van der Waals surface area contributed by atoms with Gasteiger partial charge in [0, 0.05) is 12.6 Å². The molecule has 15 heavy (non-hydrogen) atoms. The van der Waals surface area contributed by atoms with Crippen molar-refractivity contribution in [3.8, 4) is 0 Å². The first kappa shape index (κ1) is 13.0. The smallest absolute Gasteiger partial charge is 0.00508 e. The lowest BCUT2D eigenvalue weighted by molar-refractivity contribution is 0.335. The summed E-state index contributed by atoms with van der Waals surface area (Å²) in [5.41, 5.74) is 6.60. The summed E-state index contributed by atoms with van der Waals surface area (Å²) in [6.45, 7) is 9.18. The van der Waals surface area contributed by atoms with Gasteiger partial charge in [-0.15, -0.1) is 0 Å². The molecule has 1 unspecified atom stereocenters. The first-order valence-electron chi connectivity index (χ1n) is 6.57. The highest BCUT2D eigenvalue weighted by molar-refractivity contribution is 4.97. The van der Waals surface area contributed by atoms with E-state index >= 15 is 0 Å². The third kappa shape index (κ3) is 4.12. The first-order valence-corrected chi connectivity index (χ1v) is 6.57. The molecule has 1 aliphatic carbocycles. The molecule has 1 saturated carbocycles. The van der Waals surface area contributed by atoms with Gasteiger partial charge in [0.05, 0.1) is 0 Å². The minimum absolute atomic E-state index is 0.400. The third-order valence-electron chi connectivity index (χ3n) is 3.95. The summed E-state index contributed by atoms with van der Waals surface area (Å²) >= 11 is 0. The lowest BCUT2D eigenvalue weighted by atomic mass is 9.92. The summed E-state index contributed by atoms with van der Waals surface area (Å²) in [6.07, 6.45) is 6.33. The van der Waals surface area contributed by atoms with E-state index in [4.69, 9.17) is 5.73 Å². The number of hydrogen-bond acceptors (Lipinski definition) is 2. The molecular formula is C13H28N2. The Kier molecular flexibility index (Phi) is 5.07. The maximum atomic E-state index is 5.97. The van der Waals surface area contributed by atoms with E-state index in [2.05, 4.69) is 26.1 Å². The molecule has 0 saturated heterocycles. The minimum Gasteiger partial charge on any atom is -0.328 e. The van der Waals surface area contributed by atoms with E-state index < -0.39 is 0 Å². The average Bonchev–Trinajstić information content (AvgIpc) is 2.94. The average molecular weight is 212 g/mol. The molecule has 1 aliphatic rings. The topological polar surface area (TPSA) is 38.0 Å². The zero-order valence-corrected chi connectivity index (χ0v) is 10.7. The van der Waals surface area contributed by atoms with Gasteiger partial charge in [0.15, 0.2) is 0 Å². The fourth-order valence-electron chi connectivity index (χ4n) is 2.26. The van der Waals surface area contributed by atoms with Crippen LogP contribution in [-0.4, -0.2) is 19.1 Å². The Morgan fingerprint density at radius 2 is 1.93 bits per heavy atom. The molecule has 0 radical (unpaired) electrons. The Morgan fingerprint density at radius 1 is 1.27 bits per heavy atom. The van der Waals surface area contributed by atoms with Crippen LogP contribution in [0.4, 0.5) is 0 Å². The SMILES string of the molecule is CCCC(N)CCNCC1(C(C)C)CC1. The predicted molar refractivity (Wildman–Crippen MR) is 66.9 cm³/mol. The number of nitrogens with one attached hydrogen (secondary N) is 1. The van der Waals surface area contributed by atoms with Crippen molar-refractivity contribution in [1.29, 1.82) is 0 Å². The van der Waals surface area contributed by atoms with Crippen molar-refractivity contribution >= 4 is 0 Å². The summed E-state index contributed by atoms with van der Waals surface area (Å²) in [5.74, 6) is 0.828. The second-order valence-electron chi connectivity index (χ2n) is 5.53. The Labute approximate surface area is 95.0 Å². The largest absolute Gasteiger partial charge is 0.328 e. The van der Waals surface area contributed by atoms with E-state index in [1.807, 2.05) is 0 Å². The zero-order chi connectivity index (χ0) is 11.3. The highest BCUT2D eigenvalue weighted by Crippen LogP contribution is 2.51. The Morgan fingerprint density at radius 3 is 2.40 bits per heavy atom. The van der Waals surface area contributed by atoms with Gasteiger partial charge in [-0.25, -0.2) is 0 Å². The molecule has 0 spiro atoms. The molecule has 2 heteroatoms. The molecule has 3 N–H and O–H groups in total. The molecule has 1 fully saturated rings. The highest BCUT2D eigenvalue weighted by atomic mass is 14.9. The van der Waals surface area contributed by atoms with E-state index in [1.165, 1.54) is 25.8 Å². The zero-order valence-electron chi connectivity index (χ0n) is 10.7. The van der Waals surface area contributed by atoms with Crippen molar-refractivity contribution in [2.45, 2.75) is 58.9 Å². The van der Waals surface area contributed by atoms with E-state index in [0.29, 0.717) is 11.5 Å². The summed E-state index contributed by atoms with van der Waals surface area (Å²) in [7, 11) is 0. The predicted octanol–water partition coefficient (Wildman–Crippen LogP) is 2.53. The standard InChI is InChI=1S/C13H28N2/c1-4-5-12(14)6-9-15-10-13(7-8-13)11(2)3/h11-12,15H,4-10,14H2,1-3H3. The maximum absolute atomic E-state index is 5.97. The summed E-state index contributed by atoms with van der Waals surface area (Å²) in [5, 5.41) is 3.58. The van der Waals surface area contributed by atoms with Gasteiger partial charge >= 0.3 is 0 Å². The first-order chi connectivity index (χ1) is 7.10. The van der Waals surface area contributed by atoms with Crippen LogP contribution in [0.1, 0.15) is 52.9 Å². The van der Waals surface area contributed by atoms with Crippen molar-refractivity contribution in [2.24, 2.45) is 17.1 Å². The van der Waals surface area contributed by atoms with Crippen molar-refractivity contribution in [2.75, 3.05) is 13.1 Å². The molecule has 1 atom stereocenters. The Bertz CT molecular complexity index is 173. The molecule has 1 rings (SSSR count). The van der Waals surface area contributed by atoms with Crippen LogP contribution in [0.2, 0.25) is 0 Å². The van der Waals surface area contributed by atoms with Gasteiger partial charge in [0.25, 0.3) is 0 Å². The molecule has 0 aromatic rings. The number of hydrogen-bond donors (Lipinski definition) is 2. The van der Waals surface area contributed by atoms with Gasteiger partial charge in [-0.1, -0.05) is 27.2 Å². The Hall–Kier alpha value is -0.0800. The van der Waals surface area contributed by atoms with Crippen LogP contribution in [0.3, 0.4) is 0 Å². The van der Waals surface area contributed by atoms with Crippen LogP contribution in [0.5, 0.6) is 0 Å². The normalized spacial score (nSPS) is 20.6. The van der Waals surface area contributed by atoms with Gasteiger partial charge in [0.2, 0.25) is 0 Å². The molecule has 0 aliphatic heterocycles. The van der Waals surface area contributed by atoms with Crippen molar-refractivity contribution in [3.63, 3.8) is 0 Å². The molecule has 0 aromatic heterocycles. The van der Waals surface area contributed by atoms with Crippen molar-refractivity contribution in [1.82, 2.24) is 5.32 Å². The van der Waals surface area contributed by atoms with Gasteiger partial charge in [-0.3, -0.25) is 0 Å². The number of nitrogens with two attached hydrogens (primary N) is 1. The van der Waals surface area contributed by atoms with Crippen molar-refractivity contribution < 1.29 is 0 Å². The second-order valence-corrected chi connectivity index (χ2v) is 5.53. The summed E-state index contributed by atoms with van der Waals surface area (Å²) in [6, 6.07) is 0.400. The molecule has 0 aromatic carbocycles. The van der Waals surface area contributed by atoms with Crippen molar-refractivity contribution in [3.05, 3.63) is 0 Å². The van der Waals surface area contributed by atoms with E-state index in [0.717, 1.165) is 25.3 Å². The van der Waals surface area contributed by atoms with Crippen LogP contribution in [-0.2, 0) is 0 Å². The van der Waals surface area contributed by atoms with Crippen LogP contribution in [0.25, 0.3) is 0 Å². The fraction of sp³-hybridized carbons (Fsp3) is 1.00. The minimum atomic E-state index is 0.400. The van der Waals surface area contributed by atoms with Crippen LogP contribution < -0.4 is 11.1 Å². The van der Waals surface area contributed by atoms with E-state index in [9.17, 15) is 0 Å². The van der Waals surface area contributed by atoms with Gasteiger partial charge in [-0.05, 0) is 43.6 Å².